The maximum Gasteiger partial charge on any atom is 0.233 e. The topological polar surface area (TPSA) is 21.3 Å². The fourth-order valence-corrected chi connectivity index (χ4v) is 3.60. The Morgan fingerprint density at radius 2 is 2.00 bits per heavy atom. The van der Waals surface area contributed by atoms with E-state index < -0.39 is 8.32 Å². The first-order valence-electron chi connectivity index (χ1n) is 2.54. The summed E-state index contributed by atoms with van der Waals surface area (Å²) >= 11 is 2.14. The molecule has 0 aromatic heterocycles. The van der Waals surface area contributed by atoms with E-state index in [1.165, 1.54) is 0 Å². The lowest BCUT2D eigenvalue weighted by atomic mass is 11.8. The third-order valence-electron chi connectivity index (χ3n) is 0.560. The van der Waals surface area contributed by atoms with E-state index in [0.29, 0.717) is 0 Å². The van der Waals surface area contributed by atoms with Gasteiger partial charge in [-0.2, -0.15) is 0 Å². The van der Waals surface area contributed by atoms with E-state index in [0.717, 1.165) is 0 Å². The van der Waals surface area contributed by atoms with Crippen LogP contribution in [-0.2, 0) is 4.12 Å². The molecule has 0 aliphatic carbocycles. The van der Waals surface area contributed by atoms with Crippen molar-refractivity contribution in [2.45, 2.75) is 19.6 Å². The summed E-state index contributed by atoms with van der Waals surface area (Å²) < 4.78 is 8.58. The molecule has 0 heterocycles. The van der Waals surface area contributed by atoms with Gasteiger partial charge in [0.25, 0.3) is 0 Å². The molecule has 0 atom stereocenters. The van der Waals surface area contributed by atoms with Crippen molar-refractivity contribution in [3.63, 3.8) is 0 Å². The molecule has 0 unspecified atom stereocenters. The van der Waals surface area contributed by atoms with Gasteiger partial charge < -0.3 is 4.12 Å². The molecule has 0 aliphatic rings. The monoisotopic (exact) mass is 261 g/mol. The molecule has 1 N–H and O–H groups in total. The van der Waals surface area contributed by atoms with Crippen molar-refractivity contribution in [2.24, 2.45) is 0 Å². The number of hydrogen-bond donors (Lipinski definition) is 1. The minimum Gasteiger partial charge on any atom is -0.449 e. The lowest BCUT2D eigenvalue weighted by Crippen LogP contribution is -2.30. The summed E-state index contributed by atoms with van der Waals surface area (Å²) in [7, 11) is -1.57. The van der Waals surface area contributed by atoms with Crippen LogP contribution in [0, 0.1) is 0 Å². The number of rotatable bonds is 3. The van der Waals surface area contributed by atoms with E-state index in [1.807, 2.05) is 0 Å². The molecule has 0 fully saturated rings. The fourth-order valence-electron chi connectivity index (χ4n) is 0.244. The second-order valence-electron chi connectivity index (χ2n) is 2.53. The summed E-state index contributed by atoms with van der Waals surface area (Å²) in [5.74, 6) is 0. The molecule has 0 rings (SSSR count). The van der Waals surface area contributed by atoms with Crippen LogP contribution in [-0.4, -0.2) is 18.2 Å². The molecule has 0 aromatic rings. The molecule has 8 heavy (non-hydrogen) atoms. The van der Waals surface area contributed by atoms with Crippen LogP contribution in [0.4, 0.5) is 0 Å². The third kappa shape index (κ3) is 7.08. The van der Waals surface area contributed by atoms with Crippen molar-refractivity contribution in [3.8, 4) is 0 Å². The second kappa shape index (κ2) is 3.99. The van der Waals surface area contributed by atoms with Crippen molar-refractivity contribution in [1.82, 2.24) is 3.20 Å². The van der Waals surface area contributed by atoms with E-state index in [4.69, 9.17) is 4.12 Å². The molecule has 0 saturated heterocycles. The predicted octanol–water partition coefficient (Wildman–Crippen LogP) is 0.776. The minimum absolute atomic E-state index is 0.384. The van der Waals surface area contributed by atoms with Crippen LogP contribution in [0.15, 0.2) is 0 Å². The Hall–Kier alpha value is 1.08. The van der Waals surface area contributed by atoms with Gasteiger partial charge in [-0.25, -0.2) is 0 Å². The Morgan fingerprint density at radius 1 is 1.50 bits per heavy atom. The van der Waals surface area contributed by atoms with Gasteiger partial charge in [0.15, 0.2) is 8.32 Å². The molecule has 0 aromatic carbocycles. The van der Waals surface area contributed by atoms with Crippen molar-refractivity contribution in [2.75, 3.05) is 0 Å². The Morgan fingerprint density at radius 3 is 2.12 bits per heavy atom. The molecular formula is C3H12INOSi2. The lowest BCUT2D eigenvalue weighted by Gasteiger charge is -2.15. The van der Waals surface area contributed by atoms with Gasteiger partial charge in [-0.05, 0) is 19.6 Å². The molecule has 0 aliphatic heterocycles. The van der Waals surface area contributed by atoms with Gasteiger partial charge in [0.1, 0.15) is 0 Å². The van der Waals surface area contributed by atoms with Crippen LogP contribution in [0.3, 0.4) is 0 Å². The van der Waals surface area contributed by atoms with E-state index in [-0.39, 0.29) is 9.92 Å². The van der Waals surface area contributed by atoms with Gasteiger partial charge in [0, 0.05) is 22.9 Å². The summed E-state index contributed by atoms with van der Waals surface area (Å²) in [6.45, 7) is 6.61. The molecule has 5 heteroatoms. The zero-order valence-electron chi connectivity index (χ0n) is 5.49. The van der Waals surface area contributed by atoms with Gasteiger partial charge in [0.05, 0.1) is 0 Å². The quantitative estimate of drug-likeness (QED) is 0.460. The molecule has 2 nitrogen and oxygen atoms in total. The van der Waals surface area contributed by atoms with Crippen molar-refractivity contribution in [1.29, 1.82) is 0 Å². The SMILES string of the molecule is C[Si](C)(C)O[SiH2]NI. The highest BCUT2D eigenvalue weighted by Gasteiger charge is 2.11. The van der Waals surface area contributed by atoms with Gasteiger partial charge in [0.2, 0.25) is 9.92 Å². The average molecular weight is 261 g/mol. The van der Waals surface area contributed by atoms with Crippen LogP contribution >= 0.6 is 22.9 Å². The van der Waals surface area contributed by atoms with Crippen molar-refractivity contribution >= 4 is 41.1 Å². The molecule has 0 bridgehead atoms. The Bertz CT molecular complexity index is 64.8. The standard InChI is InChI=1S/C3H12INOSi2/c1-8(2,3)6-7-5-4/h5H,7H2,1-3H3. The molecular weight excluding hydrogens is 249 g/mol. The van der Waals surface area contributed by atoms with Gasteiger partial charge in [-0.1, -0.05) is 0 Å². The van der Waals surface area contributed by atoms with Crippen LogP contribution in [0.25, 0.3) is 0 Å². The lowest BCUT2D eigenvalue weighted by molar-refractivity contribution is 0.595. The second-order valence-corrected chi connectivity index (χ2v) is 10.8. The number of nitrogens with one attached hydrogen (secondary N) is 1. The van der Waals surface area contributed by atoms with Crippen molar-refractivity contribution in [3.05, 3.63) is 0 Å². The zero-order chi connectivity index (χ0) is 6.62. The van der Waals surface area contributed by atoms with E-state index in [1.54, 1.807) is 0 Å². The number of hydrogen-bond acceptors (Lipinski definition) is 2. The summed E-state index contributed by atoms with van der Waals surface area (Å²) in [6.07, 6.45) is 0. The first-order valence-corrected chi connectivity index (χ1v) is 8.31. The Kier molecular flexibility index (Phi) is 4.53. The maximum atomic E-state index is 5.54. The van der Waals surface area contributed by atoms with Crippen LogP contribution in [0.5, 0.6) is 0 Å². The smallest absolute Gasteiger partial charge is 0.233 e. The van der Waals surface area contributed by atoms with Crippen LogP contribution in [0.2, 0.25) is 19.6 Å². The number of halogens is 1. The minimum atomic E-state index is -1.18. The first-order chi connectivity index (χ1) is 3.56. The summed E-state index contributed by atoms with van der Waals surface area (Å²) in [5, 5.41) is 0. The first kappa shape index (κ1) is 9.08. The van der Waals surface area contributed by atoms with Gasteiger partial charge >= 0.3 is 0 Å². The van der Waals surface area contributed by atoms with E-state index in [2.05, 4.69) is 45.7 Å². The molecule has 0 saturated carbocycles. The highest BCUT2D eigenvalue weighted by Crippen LogP contribution is 1.99. The van der Waals surface area contributed by atoms with Crippen LogP contribution in [0.1, 0.15) is 0 Å². The van der Waals surface area contributed by atoms with Crippen LogP contribution < -0.4 is 3.20 Å². The van der Waals surface area contributed by atoms with Gasteiger partial charge in [-0.15, -0.1) is 0 Å². The summed E-state index contributed by atoms with van der Waals surface area (Å²) in [6, 6.07) is 0. The van der Waals surface area contributed by atoms with E-state index >= 15 is 0 Å². The zero-order valence-corrected chi connectivity index (χ0v) is 10.1. The van der Waals surface area contributed by atoms with Crippen molar-refractivity contribution < 1.29 is 4.12 Å². The normalized spacial score (nSPS) is 13.5. The summed E-state index contributed by atoms with van der Waals surface area (Å²) in [5.41, 5.74) is 0. The average Bonchev–Trinajstić information content (AvgIpc) is 1.59. The highest BCUT2D eigenvalue weighted by atomic mass is 127. The molecule has 0 amide bonds. The molecule has 50 valence electrons. The third-order valence-corrected chi connectivity index (χ3v) is 5.64. The Labute approximate surface area is 68.0 Å². The molecule has 0 spiro atoms. The highest BCUT2D eigenvalue weighted by molar-refractivity contribution is 14.1. The maximum absolute atomic E-state index is 5.54. The van der Waals surface area contributed by atoms with E-state index in [9.17, 15) is 0 Å². The predicted molar refractivity (Wildman–Crippen MR) is 50.1 cm³/mol. The summed E-state index contributed by atoms with van der Waals surface area (Å²) in [4.78, 5) is 0. The largest absolute Gasteiger partial charge is 0.449 e. The Balaban J connectivity index is 3.11. The molecule has 0 radical (unpaired) electrons. The van der Waals surface area contributed by atoms with Gasteiger partial charge in [-0.3, -0.25) is 3.20 Å². The fraction of sp³-hybridized carbons (Fsp3) is 1.00.